The number of rotatable bonds is 7. The van der Waals surface area contributed by atoms with E-state index in [-0.39, 0.29) is 22.8 Å². The molecule has 1 heterocycles. The van der Waals surface area contributed by atoms with Crippen molar-refractivity contribution in [2.75, 3.05) is 13.1 Å². The predicted molar refractivity (Wildman–Crippen MR) is 108 cm³/mol. The molecule has 1 aromatic carbocycles. The summed E-state index contributed by atoms with van der Waals surface area (Å²) >= 11 is 0. The van der Waals surface area contributed by atoms with Crippen LogP contribution in [0, 0.1) is 18.8 Å². The van der Waals surface area contributed by atoms with E-state index in [1.54, 1.807) is 29.2 Å². The highest BCUT2D eigenvalue weighted by atomic mass is 32.2. The first-order valence-corrected chi connectivity index (χ1v) is 11.2. The molecule has 3 N–H and O–H groups in total. The van der Waals surface area contributed by atoms with Crippen LogP contribution in [0.4, 0.5) is 0 Å². The number of hydrogen-bond acceptors (Lipinski definition) is 4. The van der Waals surface area contributed by atoms with Gasteiger partial charge < -0.3 is 10.6 Å². The number of hydrogen-bond donors (Lipinski definition) is 2. The molecule has 2 rings (SSSR count). The number of nitrogens with two attached hydrogens (primary N) is 1. The van der Waals surface area contributed by atoms with Crippen molar-refractivity contribution in [1.82, 2.24) is 9.62 Å². The second-order valence-corrected chi connectivity index (χ2v) is 9.85. The molecule has 0 spiro atoms. The van der Waals surface area contributed by atoms with E-state index in [0.717, 1.165) is 18.4 Å². The predicted octanol–water partition coefficient (Wildman–Crippen LogP) is 2.27. The number of nitrogens with zero attached hydrogens (tertiary/aromatic N) is 1. The third-order valence-electron chi connectivity index (χ3n) is 5.23. The minimum Gasteiger partial charge on any atom is -0.341 e. The van der Waals surface area contributed by atoms with Gasteiger partial charge in [-0.05, 0) is 57.1 Å². The lowest BCUT2D eigenvalue weighted by atomic mass is 9.90. The standard InChI is InChI=1S/C20H33N3O3S/c1-14(2)13-19(20(24)23-11-9-17(10-12-23)16(4)21)22-27(25,26)18-7-5-15(3)6-8-18/h5-8,14,16-17,19,22H,9-13,21H2,1-4H3. The lowest BCUT2D eigenvalue weighted by Gasteiger charge is -2.36. The number of benzene rings is 1. The number of aryl methyl sites for hydroxylation is 1. The highest BCUT2D eigenvalue weighted by Gasteiger charge is 2.32. The molecule has 7 heteroatoms. The monoisotopic (exact) mass is 395 g/mol. The third kappa shape index (κ3) is 6.02. The first-order valence-electron chi connectivity index (χ1n) is 9.73. The van der Waals surface area contributed by atoms with E-state index in [1.165, 1.54) is 0 Å². The Kier molecular flexibility index (Phi) is 7.42. The molecule has 1 amide bonds. The SMILES string of the molecule is Cc1ccc(S(=O)(=O)NC(CC(C)C)C(=O)N2CCC(C(C)N)CC2)cc1. The summed E-state index contributed by atoms with van der Waals surface area (Å²) in [6.45, 7) is 9.14. The van der Waals surface area contributed by atoms with Crippen LogP contribution in [0.1, 0.15) is 45.6 Å². The lowest BCUT2D eigenvalue weighted by Crippen LogP contribution is -2.52. The Balaban J connectivity index is 2.12. The van der Waals surface area contributed by atoms with Crippen molar-refractivity contribution < 1.29 is 13.2 Å². The number of carbonyl (C=O) groups excluding carboxylic acids is 1. The number of sulfonamides is 1. The van der Waals surface area contributed by atoms with Gasteiger partial charge in [0, 0.05) is 19.1 Å². The van der Waals surface area contributed by atoms with E-state index in [1.807, 2.05) is 27.7 Å². The Morgan fingerprint density at radius 1 is 1.19 bits per heavy atom. The average molecular weight is 396 g/mol. The Morgan fingerprint density at radius 2 is 1.74 bits per heavy atom. The van der Waals surface area contributed by atoms with E-state index in [4.69, 9.17) is 5.73 Å². The molecule has 152 valence electrons. The third-order valence-corrected chi connectivity index (χ3v) is 6.72. The molecule has 2 unspecified atom stereocenters. The molecule has 1 aliphatic heterocycles. The summed E-state index contributed by atoms with van der Waals surface area (Å²) in [4.78, 5) is 15.0. The molecule has 1 saturated heterocycles. The van der Waals surface area contributed by atoms with Crippen molar-refractivity contribution in [3.05, 3.63) is 29.8 Å². The van der Waals surface area contributed by atoms with Crippen molar-refractivity contribution >= 4 is 15.9 Å². The fourth-order valence-electron chi connectivity index (χ4n) is 3.51. The van der Waals surface area contributed by atoms with Gasteiger partial charge in [-0.3, -0.25) is 4.79 Å². The Labute approximate surface area is 163 Å². The van der Waals surface area contributed by atoms with Crippen molar-refractivity contribution in [1.29, 1.82) is 0 Å². The minimum absolute atomic E-state index is 0.119. The molecule has 1 aromatic rings. The molecular weight excluding hydrogens is 362 g/mol. The second kappa shape index (κ2) is 9.17. The van der Waals surface area contributed by atoms with Crippen molar-refractivity contribution in [3.8, 4) is 0 Å². The molecule has 2 atom stereocenters. The maximum Gasteiger partial charge on any atom is 0.241 e. The van der Waals surface area contributed by atoms with E-state index in [2.05, 4.69) is 4.72 Å². The van der Waals surface area contributed by atoms with Gasteiger partial charge in [0.25, 0.3) is 0 Å². The average Bonchev–Trinajstić information content (AvgIpc) is 2.60. The zero-order chi connectivity index (χ0) is 20.2. The number of likely N-dealkylation sites (tertiary alicyclic amines) is 1. The molecule has 1 aliphatic rings. The van der Waals surface area contributed by atoms with Gasteiger partial charge in [0.05, 0.1) is 4.90 Å². The zero-order valence-corrected chi connectivity index (χ0v) is 17.6. The van der Waals surface area contributed by atoms with Crippen molar-refractivity contribution in [3.63, 3.8) is 0 Å². The minimum atomic E-state index is -3.75. The number of nitrogens with one attached hydrogen (secondary N) is 1. The number of amides is 1. The molecule has 0 aliphatic carbocycles. The molecule has 0 aromatic heterocycles. The summed E-state index contributed by atoms with van der Waals surface area (Å²) in [5.41, 5.74) is 6.96. The van der Waals surface area contributed by atoms with E-state index < -0.39 is 16.1 Å². The molecule has 0 radical (unpaired) electrons. The van der Waals surface area contributed by atoms with Gasteiger partial charge in [0.15, 0.2) is 0 Å². The summed E-state index contributed by atoms with van der Waals surface area (Å²) in [5, 5.41) is 0. The first-order chi connectivity index (χ1) is 12.6. The van der Waals surface area contributed by atoms with Crippen LogP contribution in [0.5, 0.6) is 0 Å². The Morgan fingerprint density at radius 3 is 2.22 bits per heavy atom. The maximum absolute atomic E-state index is 13.0. The largest absolute Gasteiger partial charge is 0.341 e. The topological polar surface area (TPSA) is 92.5 Å². The summed E-state index contributed by atoms with van der Waals surface area (Å²) in [5.74, 6) is 0.477. The first kappa shape index (κ1) is 21.9. The number of piperidine rings is 1. The van der Waals surface area contributed by atoms with Crippen LogP contribution in [-0.4, -0.2) is 44.4 Å². The van der Waals surface area contributed by atoms with Crippen LogP contribution in [0.3, 0.4) is 0 Å². The summed E-state index contributed by atoms with van der Waals surface area (Å²) < 4.78 is 28.2. The Bertz CT molecular complexity index is 721. The highest BCUT2D eigenvalue weighted by molar-refractivity contribution is 7.89. The fraction of sp³-hybridized carbons (Fsp3) is 0.650. The van der Waals surface area contributed by atoms with E-state index >= 15 is 0 Å². The van der Waals surface area contributed by atoms with Gasteiger partial charge in [0.2, 0.25) is 15.9 Å². The normalized spacial score (nSPS) is 18.5. The second-order valence-electron chi connectivity index (χ2n) is 8.14. The van der Waals surface area contributed by atoms with Gasteiger partial charge in [-0.2, -0.15) is 4.72 Å². The van der Waals surface area contributed by atoms with Crippen LogP contribution in [-0.2, 0) is 14.8 Å². The molecule has 0 bridgehead atoms. The van der Waals surface area contributed by atoms with E-state index in [0.29, 0.717) is 25.4 Å². The molecule has 0 saturated carbocycles. The number of carbonyl (C=O) groups is 1. The van der Waals surface area contributed by atoms with Crippen LogP contribution in [0.25, 0.3) is 0 Å². The van der Waals surface area contributed by atoms with Crippen LogP contribution >= 0.6 is 0 Å². The summed E-state index contributed by atoms with van der Waals surface area (Å²) in [7, 11) is -3.75. The fourth-order valence-corrected chi connectivity index (χ4v) is 4.71. The van der Waals surface area contributed by atoms with Gasteiger partial charge in [-0.25, -0.2) is 8.42 Å². The lowest BCUT2D eigenvalue weighted by molar-refractivity contribution is -0.134. The summed E-state index contributed by atoms with van der Waals surface area (Å²) in [6, 6.07) is 6.03. The van der Waals surface area contributed by atoms with Crippen molar-refractivity contribution in [2.45, 2.75) is 63.9 Å². The molecule has 27 heavy (non-hydrogen) atoms. The Hall–Kier alpha value is -1.44. The van der Waals surface area contributed by atoms with Gasteiger partial charge >= 0.3 is 0 Å². The highest BCUT2D eigenvalue weighted by Crippen LogP contribution is 2.22. The smallest absolute Gasteiger partial charge is 0.241 e. The molecular formula is C20H33N3O3S. The van der Waals surface area contributed by atoms with E-state index in [9.17, 15) is 13.2 Å². The van der Waals surface area contributed by atoms with Gasteiger partial charge in [-0.15, -0.1) is 0 Å². The van der Waals surface area contributed by atoms with Gasteiger partial charge in [-0.1, -0.05) is 31.5 Å². The molecule has 1 fully saturated rings. The maximum atomic E-state index is 13.0. The van der Waals surface area contributed by atoms with Crippen LogP contribution in [0.15, 0.2) is 29.2 Å². The van der Waals surface area contributed by atoms with Crippen molar-refractivity contribution in [2.24, 2.45) is 17.6 Å². The van der Waals surface area contributed by atoms with Crippen LogP contribution < -0.4 is 10.5 Å². The van der Waals surface area contributed by atoms with Crippen LogP contribution in [0.2, 0.25) is 0 Å². The summed E-state index contributed by atoms with van der Waals surface area (Å²) in [6.07, 6.45) is 2.20. The molecule has 6 nitrogen and oxygen atoms in total. The quantitative estimate of drug-likeness (QED) is 0.741. The zero-order valence-electron chi connectivity index (χ0n) is 16.8. The van der Waals surface area contributed by atoms with Gasteiger partial charge in [0.1, 0.15) is 6.04 Å².